The Morgan fingerprint density at radius 3 is 2.67 bits per heavy atom. The van der Waals surface area contributed by atoms with Crippen LogP contribution >= 0.6 is 11.6 Å². The molecule has 0 fully saturated rings. The molecule has 4 nitrogen and oxygen atoms in total. The lowest BCUT2D eigenvalue weighted by Crippen LogP contribution is -2.03. The van der Waals surface area contributed by atoms with Crippen LogP contribution in [-0.4, -0.2) is 14.7 Å². The minimum atomic E-state index is -3.48. The van der Waals surface area contributed by atoms with Crippen molar-refractivity contribution in [1.29, 1.82) is 5.26 Å². The number of rotatable bonds is 3. The van der Waals surface area contributed by atoms with Gasteiger partial charge < -0.3 is 0 Å². The number of halogens is 1. The zero-order valence-corrected chi connectivity index (χ0v) is 9.47. The summed E-state index contributed by atoms with van der Waals surface area (Å²) in [5, 5.41) is 8.89. The van der Waals surface area contributed by atoms with Gasteiger partial charge in [-0.2, -0.15) is 13.7 Å². The van der Waals surface area contributed by atoms with Gasteiger partial charge in [0.15, 0.2) is 0 Å². The molecule has 80 valence electrons. The lowest BCUT2D eigenvalue weighted by Gasteiger charge is -2.03. The molecule has 15 heavy (non-hydrogen) atoms. The number of nitrogens with zero attached hydrogens (tertiary/aromatic N) is 1. The van der Waals surface area contributed by atoms with Gasteiger partial charge in [-0.1, -0.05) is 17.7 Å². The van der Waals surface area contributed by atoms with E-state index >= 15 is 0 Å². The van der Waals surface area contributed by atoms with E-state index in [1.54, 1.807) is 12.1 Å². The lowest BCUT2D eigenvalue weighted by atomic mass is 10.1. The van der Waals surface area contributed by atoms with E-state index in [0.717, 1.165) is 6.26 Å². The summed E-state index contributed by atoms with van der Waals surface area (Å²) in [6.45, 7) is -0.122. The van der Waals surface area contributed by atoms with Crippen molar-refractivity contribution in [2.45, 2.75) is 6.61 Å². The van der Waals surface area contributed by atoms with Crippen molar-refractivity contribution in [2.75, 3.05) is 6.26 Å². The van der Waals surface area contributed by atoms with Crippen LogP contribution in [0.5, 0.6) is 0 Å². The second kappa shape index (κ2) is 4.62. The highest BCUT2D eigenvalue weighted by Crippen LogP contribution is 2.18. The van der Waals surface area contributed by atoms with Crippen molar-refractivity contribution in [3.63, 3.8) is 0 Å². The fourth-order valence-corrected chi connectivity index (χ4v) is 1.48. The van der Waals surface area contributed by atoms with Gasteiger partial charge in [-0.15, -0.1) is 0 Å². The van der Waals surface area contributed by atoms with E-state index in [1.165, 1.54) is 6.07 Å². The van der Waals surface area contributed by atoms with Gasteiger partial charge in [-0.05, 0) is 17.7 Å². The Bertz CT molecular complexity index is 505. The summed E-state index contributed by atoms with van der Waals surface area (Å²) in [6, 6.07) is 6.49. The molecule has 0 amide bonds. The Hall–Kier alpha value is -1.09. The Labute approximate surface area is 93.2 Å². The molecule has 0 aliphatic rings. The fourth-order valence-electron chi connectivity index (χ4n) is 0.904. The predicted octanol–water partition coefficient (Wildman–Crippen LogP) is 1.69. The van der Waals surface area contributed by atoms with Gasteiger partial charge >= 0.3 is 0 Å². The summed E-state index contributed by atoms with van der Waals surface area (Å²) in [4.78, 5) is 0. The van der Waals surface area contributed by atoms with Gasteiger partial charge in [0.05, 0.1) is 24.5 Å². The molecule has 1 rings (SSSR count). The maximum absolute atomic E-state index is 10.7. The molecular weight excluding hydrogens is 238 g/mol. The van der Waals surface area contributed by atoms with Gasteiger partial charge in [0.1, 0.15) is 0 Å². The van der Waals surface area contributed by atoms with Crippen LogP contribution < -0.4 is 0 Å². The zero-order chi connectivity index (χ0) is 11.5. The highest BCUT2D eigenvalue weighted by molar-refractivity contribution is 7.85. The quantitative estimate of drug-likeness (QED) is 0.760. The molecule has 0 saturated heterocycles. The van der Waals surface area contributed by atoms with Crippen LogP contribution in [0.4, 0.5) is 0 Å². The molecular formula is C9H8ClNO3S. The largest absolute Gasteiger partial charge is 0.265 e. The average Bonchev–Trinajstić information content (AvgIpc) is 2.14. The van der Waals surface area contributed by atoms with Crippen molar-refractivity contribution in [1.82, 2.24) is 0 Å². The van der Waals surface area contributed by atoms with Crippen LogP contribution in [-0.2, 0) is 20.9 Å². The Morgan fingerprint density at radius 2 is 2.20 bits per heavy atom. The predicted molar refractivity (Wildman–Crippen MR) is 55.8 cm³/mol. The normalized spacial score (nSPS) is 11.0. The molecule has 1 aromatic rings. The SMILES string of the molecule is CS(=O)(=O)OCc1ccc(C#N)cc1Cl. The molecule has 0 aromatic heterocycles. The van der Waals surface area contributed by atoms with E-state index in [4.69, 9.17) is 16.9 Å². The van der Waals surface area contributed by atoms with Crippen LogP contribution in [0.2, 0.25) is 5.02 Å². The second-order valence-corrected chi connectivity index (χ2v) is 4.94. The van der Waals surface area contributed by atoms with Gasteiger partial charge in [0, 0.05) is 5.02 Å². The first-order valence-electron chi connectivity index (χ1n) is 3.95. The lowest BCUT2D eigenvalue weighted by molar-refractivity contribution is 0.312. The number of nitriles is 1. The Morgan fingerprint density at radius 1 is 1.53 bits per heavy atom. The molecule has 0 heterocycles. The third-order valence-electron chi connectivity index (χ3n) is 1.61. The fraction of sp³-hybridized carbons (Fsp3) is 0.222. The molecule has 0 atom stereocenters. The summed E-state index contributed by atoms with van der Waals surface area (Å²) in [5.41, 5.74) is 0.948. The van der Waals surface area contributed by atoms with E-state index in [2.05, 4.69) is 4.18 Å². The molecule has 0 aliphatic heterocycles. The third-order valence-corrected chi connectivity index (χ3v) is 2.51. The van der Waals surface area contributed by atoms with Crippen LogP contribution in [0.25, 0.3) is 0 Å². The van der Waals surface area contributed by atoms with E-state index in [9.17, 15) is 8.42 Å². The summed E-state index contributed by atoms with van der Waals surface area (Å²) in [7, 11) is -3.48. The maximum Gasteiger partial charge on any atom is 0.264 e. The van der Waals surface area contributed by atoms with Crippen LogP contribution in [0.15, 0.2) is 18.2 Å². The third kappa shape index (κ3) is 3.88. The standard InChI is InChI=1S/C9H8ClNO3S/c1-15(12,13)14-6-8-3-2-7(5-11)4-9(8)10/h2-4H,6H2,1H3. The van der Waals surface area contributed by atoms with E-state index < -0.39 is 10.1 Å². The first-order chi connectivity index (χ1) is 6.92. The van der Waals surface area contributed by atoms with Crippen LogP contribution in [0.1, 0.15) is 11.1 Å². The molecule has 0 unspecified atom stereocenters. The monoisotopic (exact) mass is 245 g/mol. The van der Waals surface area contributed by atoms with Crippen LogP contribution in [0, 0.1) is 11.3 Å². The minimum Gasteiger partial charge on any atom is -0.265 e. The molecule has 0 saturated carbocycles. The number of benzene rings is 1. The maximum atomic E-state index is 10.7. The van der Waals surface area contributed by atoms with Gasteiger partial charge in [0.25, 0.3) is 10.1 Å². The smallest absolute Gasteiger partial charge is 0.264 e. The highest BCUT2D eigenvalue weighted by Gasteiger charge is 2.06. The first kappa shape index (κ1) is 12.0. The number of hydrogen-bond donors (Lipinski definition) is 0. The zero-order valence-electron chi connectivity index (χ0n) is 7.90. The Kier molecular flexibility index (Phi) is 3.69. The summed E-state index contributed by atoms with van der Waals surface area (Å²) in [5.74, 6) is 0. The van der Waals surface area contributed by atoms with E-state index in [0.29, 0.717) is 16.1 Å². The average molecular weight is 246 g/mol. The second-order valence-electron chi connectivity index (χ2n) is 2.88. The molecule has 0 aliphatic carbocycles. The summed E-state index contributed by atoms with van der Waals surface area (Å²) < 4.78 is 26.0. The molecule has 6 heteroatoms. The summed E-state index contributed by atoms with van der Waals surface area (Å²) >= 11 is 5.81. The van der Waals surface area contributed by atoms with E-state index in [1.807, 2.05) is 6.07 Å². The van der Waals surface area contributed by atoms with Crippen molar-refractivity contribution >= 4 is 21.7 Å². The van der Waals surface area contributed by atoms with Crippen molar-refractivity contribution in [2.24, 2.45) is 0 Å². The minimum absolute atomic E-state index is 0.122. The van der Waals surface area contributed by atoms with Crippen molar-refractivity contribution < 1.29 is 12.6 Å². The van der Waals surface area contributed by atoms with Crippen LogP contribution in [0.3, 0.4) is 0 Å². The molecule has 0 radical (unpaired) electrons. The van der Waals surface area contributed by atoms with Gasteiger partial charge in [-0.3, -0.25) is 4.18 Å². The number of hydrogen-bond acceptors (Lipinski definition) is 4. The van der Waals surface area contributed by atoms with E-state index in [-0.39, 0.29) is 6.61 Å². The highest BCUT2D eigenvalue weighted by atomic mass is 35.5. The Balaban J connectivity index is 2.85. The van der Waals surface area contributed by atoms with Gasteiger partial charge in [0.2, 0.25) is 0 Å². The molecule has 0 bridgehead atoms. The topological polar surface area (TPSA) is 67.2 Å². The molecule has 0 spiro atoms. The molecule has 0 N–H and O–H groups in total. The first-order valence-corrected chi connectivity index (χ1v) is 6.15. The van der Waals surface area contributed by atoms with Gasteiger partial charge in [-0.25, -0.2) is 0 Å². The molecule has 1 aromatic carbocycles. The summed E-state index contributed by atoms with van der Waals surface area (Å²) in [6.07, 6.45) is 0.963. The van der Waals surface area contributed by atoms with Crippen molar-refractivity contribution in [3.05, 3.63) is 34.3 Å². The van der Waals surface area contributed by atoms with Crippen molar-refractivity contribution in [3.8, 4) is 6.07 Å².